The monoisotopic (exact) mass is 265 g/mol. The maximum absolute atomic E-state index is 12.8. The van der Waals surface area contributed by atoms with Gasteiger partial charge in [-0.1, -0.05) is 11.6 Å². The first-order valence-corrected chi connectivity index (χ1v) is 5.50. The van der Waals surface area contributed by atoms with Crippen LogP contribution in [0.15, 0.2) is 12.1 Å². The standard InChI is InChI=1S/C11H11ClF3NO/c1-16-10(11(13,14)15)8-5-7(12)4-6-2-3-17-9(6)8/h4-5,10,16H,2-3H2,1H3. The highest BCUT2D eigenvalue weighted by molar-refractivity contribution is 6.30. The van der Waals surface area contributed by atoms with Crippen molar-refractivity contribution in [1.29, 1.82) is 0 Å². The molecule has 0 aliphatic carbocycles. The summed E-state index contributed by atoms with van der Waals surface area (Å²) in [5.41, 5.74) is 0.789. The van der Waals surface area contributed by atoms with Crippen LogP contribution in [0.1, 0.15) is 17.2 Å². The van der Waals surface area contributed by atoms with Gasteiger partial charge in [-0.25, -0.2) is 0 Å². The quantitative estimate of drug-likeness (QED) is 0.887. The molecule has 6 heteroatoms. The van der Waals surface area contributed by atoms with Crippen molar-refractivity contribution in [2.75, 3.05) is 13.7 Å². The zero-order valence-electron chi connectivity index (χ0n) is 9.07. The lowest BCUT2D eigenvalue weighted by atomic mass is 10.0. The van der Waals surface area contributed by atoms with Crippen LogP contribution in [-0.2, 0) is 6.42 Å². The van der Waals surface area contributed by atoms with Crippen molar-refractivity contribution in [3.05, 3.63) is 28.3 Å². The molecule has 0 saturated carbocycles. The molecule has 1 aliphatic heterocycles. The van der Waals surface area contributed by atoms with Gasteiger partial charge in [0.25, 0.3) is 0 Å². The van der Waals surface area contributed by atoms with Gasteiger partial charge >= 0.3 is 6.18 Å². The first-order chi connectivity index (χ1) is 7.93. The second-order valence-electron chi connectivity index (χ2n) is 3.85. The normalized spacial score (nSPS) is 16.5. The second-order valence-corrected chi connectivity index (χ2v) is 4.28. The van der Waals surface area contributed by atoms with E-state index in [-0.39, 0.29) is 5.56 Å². The summed E-state index contributed by atoms with van der Waals surface area (Å²) >= 11 is 5.83. The van der Waals surface area contributed by atoms with Crippen molar-refractivity contribution in [3.63, 3.8) is 0 Å². The Labute approximate surface area is 102 Å². The largest absolute Gasteiger partial charge is 0.493 e. The molecule has 0 aromatic heterocycles. The van der Waals surface area contributed by atoms with Gasteiger partial charge < -0.3 is 10.1 Å². The van der Waals surface area contributed by atoms with Crippen molar-refractivity contribution >= 4 is 11.6 Å². The van der Waals surface area contributed by atoms with Gasteiger partial charge in [-0.2, -0.15) is 13.2 Å². The van der Waals surface area contributed by atoms with Crippen molar-refractivity contribution in [3.8, 4) is 5.75 Å². The molecule has 0 fully saturated rings. The minimum absolute atomic E-state index is 0.0556. The van der Waals surface area contributed by atoms with E-state index in [1.165, 1.54) is 13.1 Å². The Morgan fingerprint density at radius 2 is 2.12 bits per heavy atom. The van der Waals surface area contributed by atoms with E-state index in [2.05, 4.69) is 5.32 Å². The van der Waals surface area contributed by atoms with Gasteiger partial charge in [0.15, 0.2) is 0 Å². The predicted octanol–water partition coefficient (Wildman–Crippen LogP) is 3.10. The molecule has 1 aromatic rings. The first kappa shape index (κ1) is 12.5. The average Bonchev–Trinajstić information content (AvgIpc) is 2.63. The Kier molecular flexibility index (Phi) is 3.23. The summed E-state index contributed by atoms with van der Waals surface area (Å²) in [4.78, 5) is 0. The lowest BCUT2D eigenvalue weighted by Gasteiger charge is -2.22. The summed E-state index contributed by atoms with van der Waals surface area (Å²) < 4.78 is 43.8. The van der Waals surface area contributed by atoms with Gasteiger partial charge in [-0.05, 0) is 24.7 Å². The van der Waals surface area contributed by atoms with E-state index in [1.807, 2.05) is 0 Å². The number of fused-ring (bicyclic) bond motifs is 1. The number of halogens is 4. The molecule has 2 nitrogen and oxygen atoms in total. The summed E-state index contributed by atoms with van der Waals surface area (Å²) in [6.45, 7) is 0.400. The molecule has 0 bridgehead atoms. The van der Waals surface area contributed by atoms with Gasteiger partial charge in [-0.15, -0.1) is 0 Å². The molecule has 17 heavy (non-hydrogen) atoms. The highest BCUT2D eigenvalue weighted by atomic mass is 35.5. The lowest BCUT2D eigenvalue weighted by Crippen LogP contribution is -2.31. The first-order valence-electron chi connectivity index (χ1n) is 5.12. The Balaban J connectivity index is 2.51. The van der Waals surface area contributed by atoms with E-state index in [9.17, 15) is 13.2 Å². The van der Waals surface area contributed by atoms with Crippen LogP contribution in [0.2, 0.25) is 5.02 Å². The lowest BCUT2D eigenvalue weighted by molar-refractivity contribution is -0.156. The maximum atomic E-state index is 12.8. The molecule has 1 heterocycles. The zero-order chi connectivity index (χ0) is 12.6. The number of nitrogens with one attached hydrogen (secondary N) is 1. The van der Waals surface area contributed by atoms with E-state index in [0.29, 0.717) is 23.8 Å². The van der Waals surface area contributed by atoms with E-state index < -0.39 is 12.2 Å². The van der Waals surface area contributed by atoms with Crippen molar-refractivity contribution in [1.82, 2.24) is 5.32 Å². The summed E-state index contributed by atoms with van der Waals surface area (Å²) in [6, 6.07) is 1.20. The molecule has 0 amide bonds. The minimum Gasteiger partial charge on any atom is -0.493 e. The molecule has 1 aromatic carbocycles. The van der Waals surface area contributed by atoms with Gasteiger partial charge in [-0.3, -0.25) is 0 Å². The Morgan fingerprint density at radius 3 is 2.71 bits per heavy atom. The van der Waals surface area contributed by atoms with Crippen LogP contribution >= 0.6 is 11.6 Å². The molecular weight excluding hydrogens is 255 g/mol. The molecular formula is C11H11ClF3NO. The van der Waals surface area contributed by atoms with Gasteiger partial charge in [0.2, 0.25) is 0 Å². The maximum Gasteiger partial charge on any atom is 0.408 e. The fourth-order valence-electron chi connectivity index (χ4n) is 2.01. The molecule has 1 unspecified atom stereocenters. The summed E-state index contributed by atoms with van der Waals surface area (Å²) in [5.74, 6) is 0.311. The third-order valence-electron chi connectivity index (χ3n) is 2.70. The van der Waals surface area contributed by atoms with Crippen LogP contribution in [0.3, 0.4) is 0 Å². The topological polar surface area (TPSA) is 21.3 Å². The number of alkyl halides is 3. The zero-order valence-corrected chi connectivity index (χ0v) is 9.82. The molecule has 1 atom stereocenters. The fraction of sp³-hybridized carbons (Fsp3) is 0.455. The number of hydrogen-bond acceptors (Lipinski definition) is 2. The van der Waals surface area contributed by atoms with E-state index in [4.69, 9.17) is 16.3 Å². The van der Waals surface area contributed by atoms with Crippen molar-refractivity contribution < 1.29 is 17.9 Å². The van der Waals surface area contributed by atoms with Crippen LogP contribution in [-0.4, -0.2) is 19.8 Å². The highest BCUT2D eigenvalue weighted by Gasteiger charge is 2.42. The minimum atomic E-state index is -4.38. The van der Waals surface area contributed by atoms with E-state index in [1.54, 1.807) is 6.07 Å². The smallest absolute Gasteiger partial charge is 0.408 e. The summed E-state index contributed by atoms with van der Waals surface area (Å²) in [7, 11) is 1.26. The molecule has 94 valence electrons. The summed E-state index contributed by atoms with van der Waals surface area (Å²) in [5, 5.41) is 2.55. The molecule has 2 rings (SSSR count). The number of benzene rings is 1. The Hall–Kier alpha value is -0.940. The Bertz CT molecular complexity index is 433. The van der Waals surface area contributed by atoms with E-state index in [0.717, 1.165) is 5.56 Å². The van der Waals surface area contributed by atoms with Gasteiger partial charge in [0.1, 0.15) is 11.8 Å². The third-order valence-corrected chi connectivity index (χ3v) is 2.92. The number of rotatable bonds is 2. The average molecular weight is 266 g/mol. The Morgan fingerprint density at radius 1 is 1.41 bits per heavy atom. The second kappa shape index (κ2) is 4.38. The van der Waals surface area contributed by atoms with Crippen LogP contribution in [0.25, 0.3) is 0 Å². The highest BCUT2D eigenvalue weighted by Crippen LogP contribution is 2.42. The van der Waals surface area contributed by atoms with Crippen LogP contribution in [0.5, 0.6) is 5.75 Å². The van der Waals surface area contributed by atoms with Crippen molar-refractivity contribution in [2.24, 2.45) is 0 Å². The number of hydrogen-bond donors (Lipinski definition) is 1. The molecule has 0 saturated heterocycles. The fourth-order valence-corrected chi connectivity index (χ4v) is 2.26. The molecule has 0 spiro atoms. The predicted molar refractivity (Wildman–Crippen MR) is 58.5 cm³/mol. The van der Waals surface area contributed by atoms with Crippen LogP contribution in [0, 0.1) is 0 Å². The molecule has 1 N–H and O–H groups in total. The van der Waals surface area contributed by atoms with Crippen molar-refractivity contribution in [2.45, 2.75) is 18.6 Å². The van der Waals surface area contributed by atoms with Gasteiger partial charge in [0, 0.05) is 17.0 Å². The van der Waals surface area contributed by atoms with Crippen LogP contribution in [0.4, 0.5) is 13.2 Å². The van der Waals surface area contributed by atoms with Crippen LogP contribution < -0.4 is 10.1 Å². The van der Waals surface area contributed by atoms with E-state index >= 15 is 0 Å². The van der Waals surface area contributed by atoms with Gasteiger partial charge in [0.05, 0.1) is 6.61 Å². The summed E-state index contributed by atoms with van der Waals surface area (Å²) in [6.07, 6.45) is -3.78. The molecule has 0 radical (unpaired) electrons. The molecule has 1 aliphatic rings. The number of ether oxygens (including phenoxy) is 1. The SMILES string of the molecule is CNC(c1cc(Cl)cc2c1OCC2)C(F)(F)F. The third kappa shape index (κ3) is 2.35.